The van der Waals surface area contributed by atoms with Gasteiger partial charge in [-0.15, -0.1) is 0 Å². The molecule has 0 saturated carbocycles. The van der Waals surface area contributed by atoms with Crippen molar-refractivity contribution in [3.8, 4) is 5.75 Å². The quantitative estimate of drug-likeness (QED) is 0.753. The van der Waals surface area contributed by atoms with Gasteiger partial charge >= 0.3 is 0 Å². The van der Waals surface area contributed by atoms with Crippen molar-refractivity contribution in [2.45, 2.75) is 6.54 Å². The summed E-state index contributed by atoms with van der Waals surface area (Å²) in [5.41, 5.74) is 2.09. The number of rotatable bonds is 7. The minimum atomic E-state index is 0.545. The molecular formula is C16H17Cl2NO2. The fourth-order valence-corrected chi connectivity index (χ4v) is 2.05. The zero-order valence-corrected chi connectivity index (χ0v) is 13.2. The number of hydrogen-bond donors (Lipinski definition) is 1. The van der Waals surface area contributed by atoms with E-state index in [0.29, 0.717) is 29.8 Å². The van der Waals surface area contributed by atoms with Gasteiger partial charge in [0, 0.05) is 19.3 Å². The van der Waals surface area contributed by atoms with Crippen molar-refractivity contribution in [2.75, 3.05) is 25.6 Å². The normalized spacial score (nSPS) is 10.4. The largest absolute Gasteiger partial charge is 0.491 e. The highest BCUT2D eigenvalue weighted by molar-refractivity contribution is 6.42. The van der Waals surface area contributed by atoms with Crippen molar-refractivity contribution >= 4 is 28.9 Å². The summed E-state index contributed by atoms with van der Waals surface area (Å²) in [7, 11) is 1.65. The molecule has 1 N–H and O–H groups in total. The molecule has 0 unspecified atom stereocenters. The molecule has 0 saturated heterocycles. The van der Waals surface area contributed by atoms with Gasteiger partial charge in [0.15, 0.2) is 0 Å². The first kappa shape index (κ1) is 16.0. The predicted octanol–water partition coefficient (Wildman–Crippen LogP) is 4.63. The lowest BCUT2D eigenvalue weighted by Crippen LogP contribution is -2.04. The molecule has 112 valence electrons. The summed E-state index contributed by atoms with van der Waals surface area (Å²) in [6.07, 6.45) is 0. The third-order valence-corrected chi connectivity index (χ3v) is 3.63. The molecule has 0 atom stereocenters. The highest BCUT2D eigenvalue weighted by atomic mass is 35.5. The van der Waals surface area contributed by atoms with Crippen LogP contribution < -0.4 is 10.1 Å². The van der Waals surface area contributed by atoms with Crippen molar-refractivity contribution in [2.24, 2.45) is 0 Å². The Morgan fingerprint density at radius 2 is 1.71 bits per heavy atom. The highest BCUT2D eigenvalue weighted by Gasteiger charge is 2.00. The first-order chi connectivity index (χ1) is 10.2. The fourth-order valence-electron chi connectivity index (χ4n) is 1.76. The number of anilines is 1. The van der Waals surface area contributed by atoms with E-state index >= 15 is 0 Å². The van der Waals surface area contributed by atoms with Gasteiger partial charge in [-0.3, -0.25) is 0 Å². The Bertz CT molecular complexity index is 573. The van der Waals surface area contributed by atoms with Crippen LogP contribution in [0.25, 0.3) is 0 Å². The second-order valence-electron chi connectivity index (χ2n) is 4.47. The molecule has 0 aliphatic carbocycles. The molecule has 0 aliphatic heterocycles. The van der Waals surface area contributed by atoms with Crippen LogP contribution in [-0.4, -0.2) is 20.3 Å². The van der Waals surface area contributed by atoms with Crippen molar-refractivity contribution < 1.29 is 9.47 Å². The maximum atomic E-state index is 5.98. The maximum absolute atomic E-state index is 5.98. The molecule has 0 spiro atoms. The maximum Gasteiger partial charge on any atom is 0.119 e. The van der Waals surface area contributed by atoms with Crippen molar-refractivity contribution in [1.29, 1.82) is 0 Å². The Hall–Kier alpha value is -1.42. The molecule has 0 radical (unpaired) electrons. The van der Waals surface area contributed by atoms with Gasteiger partial charge in [0.2, 0.25) is 0 Å². The van der Waals surface area contributed by atoms with Crippen LogP contribution in [0.4, 0.5) is 5.69 Å². The lowest BCUT2D eigenvalue weighted by atomic mass is 10.2. The topological polar surface area (TPSA) is 30.5 Å². The first-order valence-electron chi connectivity index (χ1n) is 6.58. The van der Waals surface area contributed by atoms with Gasteiger partial charge in [-0.1, -0.05) is 35.3 Å². The van der Waals surface area contributed by atoms with E-state index < -0.39 is 0 Å². The van der Waals surface area contributed by atoms with Crippen molar-refractivity contribution in [1.82, 2.24) is 0 Å². The van der Waals surface area contributed by atoms with Gasteiger partial charge in [-0.25, -0.2) is 0 Å². The summed E-state index contributed by atoms with van der Waals surface area (Å²) in [6.45, 7) is 1.84. The van der Waals surface area contributed by atoms with Crippen LogP contribution in [0.3, 0.4) is 0 Å². The Balaban J connectivity index is 1.86. The smallest absolute Gasteiger partial charge is 0.119 e. The van der Waals surface area contributed by atoms with E-state index in [-0.39, 0.29) is 0 Å². The number of methoxy groups -OCH3 is 1. The average molecular weight is 326 g/mol. The number of ether oxygens (including phenoxy) is 2. The number of hydrogen-bond acceptors (Lipinski definition) is 3. The lowest BCUT2D eigenvalue weighted by Gasteiger charge is -2.09. The second kappa shape index (κ2) is 8.13. The molecular weight excluding hydrogens is 309 g/mol. The average Bonchev–Trinajstić information content (AvgIpc) is 2.50. The Morgan fingerprint density at radius 1 is 0.952 bits per heavy atom. The van der Waals surface area contributed by atoms with E-state index in [1.807, 2.05) is 36.4 Å². The zero-order valence-electron chi connectivity index (χ0n) is 11.7. The zero-order chi connectivity index (χ0) is 15.1. The van der Waals surface area contributed by atoms with Crippen LogP contribution in [0.15, 0.2) is 42.5 Å². The molecule has 0 bridgehead atoms. The Kier molecular flexibility index (Phi) is 6.18. The SMILES string of the molecule is COCCOc1ccc(CNc2ccc(Cl)c(Cl)c2)cc1. The molecule has 2 aromatic carbocycles. The van der Waals surface area contributed by atoms with Crippen LogP contribution in [0.2, 0.25) is 10.0 Å². The molecule has 0 fully saturated rings. The standard InChI is InChI=1S/C16H17Cl2NO2/c1-20-8-9-21-14-5-2-12(3-6-14)11-19-13-4-7-15(17)16(18)10-13/h2-7,10,19H,8-9,11H2,1H3. The monoisotopic (exact) mass is 325 g/mol. The van der Waals surface area contributed by atoms with Gasteiger partial charge in [0.25, 0.3) is 0 Å². The van der Waals surface area contributed by atoms with Crippen molar-refractivity contribution in [3.05, 3.63) is 58.1 Å². The van der Waals surface area contributed by atoms with Crippen LogP contribution in [-0.2, 0) is 11.3 Å². The molecule has 2 aromatic rings. The van der Waals surface area contributed by atoms with Crippen LogP contribution in [0.1, 0.15) is 5.56 Å². The number of nitrogens with one attached hydrogen (secondary N) is 1. The molecule has 0 aromatic heterocycles. The molecule has 5 heteroatoms. The van der Waals surface area contributed by atoms with E-state index in [4.69, 9.17) is 32.7 Å². The van der Waals surface area contributed by atoms with E-state index in [1.165, 1.54) is 0 Å². The molecule has 21 heavy (non-hydrogen) atoms. The van der Waals surface area contributed by atoms with E-state index in [2.05, 4.69) is 5.32 Å². The van der Waals surface area contributed by atoms with Crippen LogP contribution >= 0.6 is 23.2 Å². The van der Waals surface area contributed by atoms with E-state index in [0.717, 1.165) is 17.0 Å². The predicted molar refractivity (Wildman–Crippen MR) is 87.6 cm³/mol. The summed E-state index contributed by atoms with van der Waals surface area (Å²) in [5, 5.41) is 4.40. The van der Waals surface area contributed by atoms with Gasteiger partial charge in [-0.05, 0) is 35.9 Å². The number of benzene rings is 2. The van der Waals surface area contributed by atoms with Gasteiger partial charge in [-0.2, -0.15) is 0 Å². The number of halogens is 2. The third-order valence-electron chi connectivity index (χ3n) is 2.90. The molecule has 0 aliphatic rings. The molecule has 0 amide bonds. The summed E-state index contributed by atoms with van der Waals surface area (Å²) in [6, 6.07) is 13.4. The van der Waals surface area contributed by atoms with Gasteiger partial charge in [0.05, 0.1) is 16.7 Å². The summed E-state index contributed by atoms with van der Waals surface area (Å²) in [5.74, 6) is 0.838. The van der Waals surface area contributed by atoms with E-state index in [9.17, 15) is 0 Å². The Labute approximate surface area is 134 Å². The highest BCUT2D eigenvalue weighted by Crippen LogP contribution is 2.25. The summed E-state index contributed by atoms with van der Waals surface area (Å²) in [4.78, 5) is 0. The van der Waals surface area contributed by atoms with Crippen molar-refractivity contribution in [3.63, 3.8) is 0 Å². The summed E-state index contributed by atoms with van der Waals surface area (Å²) < 4.78 is 10.5. The minimum Gasteiger partial charge on any atom is -0.491 e. The summed E-state index contributed by atoms with van der Waals surface area (Å²) >= 11 is 11.9. The fraction of sp³-hybridized carbons (Fsp3) is 0.250. The van der Waals surface area contributed by atoms with Crippen LogP contribution in [0, 0.1) is 0 Å². The first-order valence-corrected chi connectivity index (χ1v) is 7.34. The van der Waals surface area contributed by atoms with Gasteiger partial charge in [0.1, 0.15) is 12.4 Å². The second-order valence-corrected chi connectivity index (χ2v) is 5.28. The van der Waals surface area contributed by atoms with E-state index in [1.54, 1.807) is 13.2 Å². The minimum absolute atomic E-state index is 0.545. The molecule has 0 heterocycles. The lowest BCUT2D eigenvalue weighted by molar-refractivity contribution is 0.146. The molecule has 2 rings (SSSR count). The third kappa shape index (κ3) is 5.12. The molecule has 3 nitrogen and oxygen atoms in total. The Morgan fingerprint density at radius 3 is 2.38 bits per heavy atom. The van der Waals surface area contributed by atoms with Gasteiger partial charge < -0.3 is 14.8 Å². The van der Waals surface area contributed by atoms with Crippen LogP contribution in [0.5, 0.6) is 5.75 Å².